The molecule has 2 atom stereocenters. The minimum absolute atomic E-state index is 0.0713. The van der Waals surface area contributed by atoms with Crippen LogP contribution < -0.4 is 15.6 Å². The van der Waals surface area contributed by atoms with Crippen molar-refractivity contribution in [1.82, 2.24) is 10.9 Å². The number of rotatable bonds is 4. The second-order valence-corrected chi connectivity index (χ2v) is 5.42. The largest absolute Gasteiger partial charge is 0.497 e. The maximum Gasteiger partial charge on any atom is 0.322 e. The first-order valence-electron chi connectivity index (χ1n) is 6.33. The molecule has 0 amide bonds. The van der Waals surface area contributed by atoms with Gasteiger partial charge in [-0.25, -0.2) is 5.43 Å². The third-order valence-corrected chi connectivity index (χ3v) is 3.91. The third-order valence-electron chi connectivity index (χ3n) is 3.91. The molecule has 3 N–H and O–H groups in total. The normalized spacial score (nSPS) is 23.3. The van der Waals surface area contributed by atoms with E-state index in [4.69, 9.17) is 9.84 Å². The Kier molecular flexibility index (Phi) is 3.78. The highest BCUT2D eigenvalue weighted by Gasteiger charge is 2.39. The summed E-state index contributed by atoms with van der Waals surface area (Å²) in [6, 6.07) is 7.44. The van der Waals surface area contributed by atoms with Crippen molar-refractivity contribution in [3.8, 4) is 5.75 Å². The monoisotopic (exact) mass is 264 g/mol. The average molecular weight is 264 g/mol. The lowest BCUT2D eigenvalue weighted by Gasteiger charge is -2.32. The second-order valence-electron chi connectivity index (χ2n) is 5.42. The van der Waals surface area contributed by atoms with E-state index in [0.717, 1.165) is 11.3 Å². The molecular formula is C14H20N2O3. The van der Waals surface area contributed by atoms with Crippen LogP contribution in [0.3, 0.4) is 0 Å². The Balaban J connectivity index is 2.15. The Morgan fingerprint density at radius 2 is 1.95 bits per heavy atom. The first-order chi connectivity index (χ1) is 8.95. The molecule has 1 saturated heterocycles. The SMILES string of the molecule is COc1ccc(C(C)(C)C2CC(C(=O)O)NN2)cc1. The van der Waals surface area contributed by atoms with Gasteiger partial charge < -0.3 is 9.84 Å². The van der Waals surface area contributed by atoms with Gasteiger partial charge in [-0.3, -0.25) is 10.2 Å². The predicted molar refractivity (Wildman–Crippen MR) is 72.1 cm³/mol. The summed E-state index contributed by atoms with van der Waals surface area (Å²) in [5.41, 5.74) is 6.91. The number of carboxylic acid groups (broad SMARTS) is 1. The van der Waals surface area contributed by atoms with E-state index in [2.05, 4.69) is 24.7 Å². The zero-order valence-electron chi connectivity index (χ0n) is 11.4. The molecule has 0 saturated carbocycles. The molecule has 104 valence electrons. The predicted octanol–water partition coefficient (Wildman–Crippen LogP) is 1.29. The standard InChI is InChI=1S/C14H20N2O3/c1-14(2,9-4-6-10(19-3)7-5-9)12-8-11(13(17)18)15-16-12/h4-7,11-12,15-16H,8H2,1-3H3,(H,17,18). The van der Waals surface area contributed by atoms with Crippen LogP contribution in [0.25, 0.3) is 0 Å². The maximum absolute atomic E-state index is 11.0. The molecule has 5 nitrogen and oxygen atoms in total. The first-order valence-corrected chi connectivity index (χ1v) is 6.33. The van der Waals surface area contributed by atoms with E-state index in [9.17, 15) is 4.79 Å². The molecule has 1 fully saturated rings. The Morgan fingerprint density at radius 3 is 2.42 bits per heavy atom. The highest BCUT2D eigenvalue weighted by Crippen LogP contribution is 2.32. The summed E-state index contributed by atoms with van der Waals surface area (Å²) < 4.78 is 5.15. The summed E-state index contributed by atoms with van der Waals surface area (Å²) in [5, 5.41) is 9.02. The lowest BCUT2D eigenvalue weighted by Crippen LogP contribution is -2.44. The van der Waals surface area contributed by atoms with Crippen LogP contribution in [0.2, 0.25) is 0 Å². The first kappa shape index (κ1) is 13.8. The summed E-state index contributed by atoms with van der Waals surface area (Å²) in [7, 11) is 1.64. The number of aliphatic carboxylic acids is 1. The molecule has 19 heavy (non-hydrogen) atoms. The van der Waals surface area contributed by atoms with Crippen molar-refractivity contribution in [3.63, 3.8) is 0 Å². The van der Waals surface area contributed by atoms with Crippen molar-refractivity contribution >= 4 is 5.97 Å². The van der Waals surface area contributed by atoms with Crippen molar-refractivity contribution < 1.29 is 14.6 Å². The van der Waals surface area contributed by atoms with Gasteiger partial charge in [0.05, 0.1) is 7.11 Å². The summed E-state index contributed by atoms with van der Waals surface area (Å²) >= 11 is 0. The summed E-state index contributed by atoms with van der Waals surface area (Å²) in [6.45, 7) is 4.22. The molecule has 2 unspecified atom stereocenters. The number of carbonyl (C=O) groups is 1. The number of benzene rings is 1. The number of hydrogen-bond acceptors (Lipinski definition) is 4. The zero-order valence-corrected chi connectivity index (χ0v) is 11.4. The molecule has 0 bridgehead atoms. The van der Waals surface area contributed by atoms with Crippen molar-refractivity contribution in [3.05, 3.63) is 29.8 Å². The van der Waals surface area contributed by atoms with Crippen LogP contribution in [0.15, 0.2) is 24.3 Å². The summed E-state index contributed by atoms with van der Waals surface area (Å²) in [4.78, 5) is 11.0. The van der Waals surface area contributed by atoms with Crippen LogP contribution in [-0.4, -0.2) is 30.3 Å². The van der Waals surface area contributed by atoms with Crippen molar-refractivity contribution in [2.45, 2.75) is 37.8 Å². The molecule has 5 heteroatoms. The number of methoxy groups -OCH3 is 1. The van der Waals surface area contributed by atoms with E-state index in [1.165, 1.54) is 0 Å². The number of nitrogens with one attached hydrogen (secondary N) is 2. The van der Waals surface area contributed by atoms with E-state index in [-0.39, 0.29) is 11.5 Å². The quantitative estimate of drug-likeness (QED) is 0.764. The highest BCUT2D eigenvalue weighted by molar-refractivity contribution is 5.73. The second kappa shape index (κ2) is 5.19. The van der Waals surface area contributed by atoms with Crippen LogP contribution in [0.5, 0.6) is 5.75 Å². The fourth-order valence-corrected chi connectivity index (χ4v) is 2.41. The number of ether oxygens (including phenoxy) is 1. The Bertz CT molecular complexity index is 456. The van der Waals surface area contributed by atoms with E-state index >= 15 is 0 Å². The molecule has 1 heterocycles. The van der Waals surface area contributed by atoms with Gasteiger partial charge in [0, 0.05) is 11.5 Å². The van der Waals surface area contributed by atoms with E-state index in [1.54, 1.807) is 7.11 Å². The van der Waals surface area contributed by atoms with Gasteiger partial charge in [0.15, 0.2) is 0 Å². The lowest BCUT2D eigenvalue weighted by atomic mass is 9.76. The molecule has 1 aliphatic rings. The number of carboxylic acids is 1. The summed E-state index contributed by atoms with van der Waals surface area (Å²) in [5.74, 6) is 0.000925. The van der Waals surface area contributed by atoms with Gasteiger partial charge in [-0.05, 0) is 24.1 Å². The molecule has 0 aromatic heterocycles. The highest BCUT2D eigenvalue weighted by atomic mass is 16.5. The topological polar surface area (TPSA) is 70.6 Å². The molecule has 0 aliphatic carbocycles. The summed E-state index contributed by atoms with van der Waals surface area (Å²) in [6.07, 6.45) is 0.564. The smallest absolute Gasteiger partial charge is 0.322 e. The third kappa shape index (κ3) is 2.72. The molecule has 1 aliphatic heterocycles. The van der Waals surface area contributed by atoms with E-state index in [1.807, 2.05) is 24.3 Å². The van der Waals surface area contributed by atoms with Gasteiger partial charge in [0.1, 0.15) is 11.8 Å². The van der Waals surface area contributed by atoms with Crippen molar-refractivity contribution in [2.24, 2.45) is 0 Å². The minimum atomic E-state index is -0.819. The Morgan fingerprint density at radius 1 is 1.32 bits per heavy atom. The fraction of sp³-hybridized carbons (Fsp3) is 0.500. The molecule has 0 radical (unpaired) electrons. The lowest BCUT2D eigenvalue weighted by molar-refractivity contribution is -0.139. The average Bonchev–Trinajstić information content (AvgIpc) is 2.89. The zero-order chi connectivity index (χ0) is 14.0. The Hall–Kier alpha value is -1.59. The molecule has 1 aromatic rings. The molecule has 2 rings (SSSR count). The van der Waals surface area contributed by atoms with Crippen molar-refractivity contribution in [2.75, 3.05) is 7.11 Å². The van der Waals surface area contributed by atoms with Gasteiger partial charge in [-0.2, -0.15) is 0 Å². The number of hydrogen-bond donors (Lipinski definition) is 3. The van der Waals surface area contributed by atoms with E-state index in [0.29, 0.717) is 6.42 Å². The van der Waals surface area contributed by atoms with Gasteiger partial charge in [-0.15, -0.1) is 0 Å². The van der Waals surface area contributed by atoms with E-state index < -0.39 is 12.0 Å². The van der Waals surface area contributed by atoms with Crippen LogP contribution >= 0.6 is 0 Å². The van der Waals surface area contributed by atoms with Gasteiger partial charge in [0.25, 0.3) is 0 Å². The van der Waals surface area contributed by atoms with Crippen molar-refractivity contribution in [1.29, 1.82) is 0 Å². The van der Waals surface area contributed by atoms with Gasteiger partial charge in [0.2, 0.25) is 0 Å². The minimum Gasteiger partial charge on any atom is -0.497 e. The van der Waals surface area contributed by atoms with Crippen LogP contribution in [-0.2, 0) is 10.2 Å². The molecule has 0 spiro atoms. The van der Waals surface area contributed by atoms with Crippen LogP contribution in [0, 0.1) is 0 Å². The van der Waals surface area contributed by atoms with Crippen LogP contribution in [0.1, 0.15) is 25.8 Å². The van der Waals surface area contributed by atoms with Crippen LogP contribution in [0.4, 0.5) is 0 Å². The number of hydrazine groups is 1. The fourth-order valence-electron chi connectivity index (χ4n) is 2.41. The molecule has 1 aromatic carbocycles. The van der Waals surface area contributed by atoms with Gasteiger partial charge in [-0.1, -0.05) is 26.0 Å². The maximum atomic E-state index is 11.0. The van der Waals surface area contributed by atoms with Gasteiger partial charge >= 0.3 is 5.97 Å². The molecular weight excluding hydrogens is 244 g/mol. The Labute approximate surface area is 112 Å².